The first-order valence-corrected chi connectivity index (χ1v) is 8.47. The predicted molar refractivity (Wildman–Crippen MR) is 89.2 cm³/mol. The molecular weight excluding hydrogens is 258 g/mol. The maximum Gasteiger partial charge on any atom is 0.0713 e. The van der Waals surface area contributed by atoms with E-state index in [2.05, 4.69) is 43.4 Å². The normalized spacial score (nSPS) is 22.7. The highest BCUT2D eigenvalue weighted by Crippen LogP contribution is 2.29. The van der Waals surface area contributed by atoms with Crippen LogP contribution in [-0.4, -0.2) is 13.2 Å². The number of nitrogens with one attached hydrogen (secondary N) is 1. The van der Waals surface area contributed by atoms with Crippen molar-refractivity contribution >= 4 is 0 Å². The molecule has 1 saturated carbocycles. The Labute approximate surface area is 130 Å². The highest BCUT2D eigenvalue weighted by atomic mass is 16.5. The highest BCUT2D eigenvalue weighted by molar-refractivity contribution is 5.22. The highest BCUT2D eigenvalue weighted by Gasteiger charge is 2.22. The summed E-state index contributed by atoms with van der Waals surface area (Å²) >= 11 is 0. The molecule has 2 heteroatoms. The number of rotatable bonds is 7. The Morgan fingerprint density at radius 3 is 2.81 bits per heavy atom. The fourth-order valence-electron chi connectivity index (χ4n) is 3.62. The summed E-state index contributed by atoms with van der Waals surface area (Å²) in [6, 6.07) is 9.43. The molecule has 1 aliphatic carbocycles. The fraction of sp³-hybridized carbons (Fsp3) is 0.684. The minimum absolute atomic E-state index is 0.702. The maximum atomic E-state index is 5.21. The molecule has 0 aliphatic heterocycles. The largest absolute Gasteiger partial charge is 0.380 e. The number of benzene rings is 1. The molecular formula is C19H31NO. The zero-order valence-electron chi connectivity index (χ0n) is 13.9. The van der Waals surface area contributed by atoms with Gasteiger partial charge in [0.15, 0.2) is 0 Å². The number of hydrogen-bond acceptors (Lipinski definition) is 2. The van der Waals surface area contributed by atoms with E-state index in [1.807, 2.05) is 0 Å². The van der Waals surface area contributed by atoms with Crippen LogP contribution < -0.4 is 5.32 Å². The predicted octanol–water partition coefficient (Wildman–Crippen LogP) is 4.53. The van der Waals surface area contributed by atoms with E-state index in [1.54, 1.807) is 7.11 Å². The summed E-state index contributed by atoms with van der Waals surface area (Å²) in [5.41, 5.74) is 2.63. The van der Waals surface area contributed by atoms with Crippen LogP contribution in [0.5, 0.6) is 0 Å². The molecule has 1 aromatic carbocycles. The van der Waals surface area contributed by atoms with E-state index in [0.29, 0.717) is 12.6 Å². The zero-order valence-corrected chi connectivity index (χ0v) is 13.9. The van der Waals surface area contributed by atoms with Gasteiger partial charge in [0.25, 0.3) is 0 Å². The van der Waals surface area contributed by atoms with Crippen molar-refractivity contribution in [3.8, 4) is 0 Å². The van der Waals surface area contributed by atoms with Gasteiger partial charge >= 0.3 is 0 Å². The molecule has 2 atom stereocenters. The summed E-state index contributed by atoms with van der Waals surface area (Å²) < 4.78 is 5.21. The second-order valence-corrected chi connectivity index (χ2v) is 6.99. The lowest BCUT2D eigenvalue weighted by molar-refractivity contribution is 0.185. The van der Waals surface area contributed by atoms with Gasteiger partial charge in [-0.2, -0.15) is 0 Å². The van der Waals surface area contributed by atoms with E-state index in [4.69, 9.17) is 4.74 Å². The third kappa shape index (κ3) is 5.80. The van der Waals surface area contributed by atoms with Gasteiger partial charge in [0, 0.05) is 19.7 Å². The van der Waals surface area contributed by atoms with E-state index >= 15 is 0 Å². The van der Waals surface area contributed by atoms with Crippen LogP contribution in [0.2, 0.25) is 0 Å². The van der Waals surface area contributed by atoms with Crippen molar-refractivity contribution in [2.45, 2.75) is 65.1 Å². The van der Waals surface area contributed by atoms with Crippen LogP contribution in [0, 0.1) is 11.8 Å². The summed E-state index contributed by atoms with van der Waals surface area (Å²) in [5.74, 6) is 1.76. The van der Waals surface area contributed by atoms with Crippen molar-refractivity contribution in [2.24, 2.45) is 11.8 Å². The second-order valence-electron chi connectivity index (χ2n) is 6.99. The smallest absolute Gasteiger partial charge is 0.0713 e. The Morgan fingerprint density at radius 1 is 1.24 bits per heavy atom. The molecule has 118 valence electrons. The van der Waals surface area contributed by atoms with Crippen molar-refractivity contribution in [3.63, 3.8) is 0 Å². The first-order valence-electron chi connectivity index (χ1n) is 8.47. The first kappa shape index (κ1) is 16.5. The number of ether oxygens (including phenoxy) is 1. The van der Waals surface area contributed by atoms with Gasteiger partial charge < -0.3 is 10.1 Å². The molecule has 2 nitrogen and oxygen atoms in total. The zero-order chi connectivity index (χ0) is 15.1. The maximum absolute atomic E-state index is 5.21. The van der Waals surface area contributed by atoms with Gasteiger partial charge in [0.1, 0.15) is 0 Å². The Kier molecular flexibility index (Phi) is 6.72. The SMILES string of the molecule is COCc1cccc(CNC2CCCC(CC(C)C)C2)c1. The van der Waals surface area contributed by atoms with Crippen molar-refractivity contribution in [1.29, 1.82) is 0 Å². The van der Waals surface area contributed by atoms with Gasteiger partial charge in [-0.1, -0.05) is 51.0 Å². The number of methoxy groups -OCH3 is 1. The van der Waals surface area contributed by atoms with Crippen molar-refractivity contribution in [3.05, 3.63) is 35.4 Å². The Morgan fingerprint density at radius 2 is 2.05 bits per heavy atom. The van der Waals surface area contributed by atoms with Crippen LogP contribution in [0.4, 0.5) is 0 Å². The topological polar surface area (TPSA) is 21.3 Å². The molecule has 0 aromatic heterocycles. The van der Waals surface area contributed by atoms with Gasteiger partial charge in [-0.3, -0.25) is 0 Å². The third-order valence-electron chi connectivity index (χ3n) is 4.48. The molecule has 2 rings (SSSR count). The lowest BCUT2D eigenvalue weighted by Crippen LogP contribution is -2.34. The van der Waals surface area contributed by atoms with Crippen molar-refractivity contribution in [1.82, 2.24) is 5.32 Å². The van der Waals surface area contributed by atoms with Crippen molar-refractivity contribution in [2.75, 3.05) is 7.11 Å². The average Bonchev–Trinajstić information content (AvgIpc) is 2.46. The van der Waals surface area contributed by atoms with Gasteiger partial charge in [0.2, 0.25) is 0 Å². The van der Waals surface area contributed by atoms with Crippen LogP contribution in [0.25, 0.3) is 0 Å². The summed E-state index contributed by atoms with van der Waals surface area (Å²) in [4.78, 5) is 0. The van der Waals surface area contributed by atoms with Gasteiger partial charge in [-0.15, -0.1) is 0 Å². The monoisotopic (exact) mass is 289 g/mol. The molecule has 1 fully saturated rings. The van der Waals surface area contributed by atoms with Crippen molar-refractivity contribution < 1.29 is 4.74 Å². The minimum atomic E-state index is 0.702. The van der Waals surface area contributed by atoms with E-state index < -0.39 is 0 Å². The van der Waals surface area contributed by atoms with Crippen LogP contribution in [0.15, 0.2) is 24.3 Å². The summed E-state index contributed by atoms with van der Waals surface area (Å²) in [5, 5.41) is 3.77. The van der Waals surface area contributed by atoms with Gasteiger partial charge in [-0.25, -0.2) is 0 Å². The fourth-order valence-corrected chi connectivity index (χ4v) is 3.62. The van der Waals surface area contributed by atoms with Crippen LogP contribution in [0.3, 0.4) is 0 Å². The second kappa shape index (κ2) is 8.55. The lowest BCUT2D eigenvalue weighted by atomic mass is 9.81. The summed E-state index contributed by atoms with van der Waals surface area (Å²) in [6.07, 6.45) is 6.91. The molecule has 1 aromatic rings. The molecule has 0 saturated heterocycles. The quantitative estimate of drug-likeness (QED) is 0.796. The van der Waals surface area contributed by atoms with Crippen LogP contribution in [0.1, 0.15) is 57.1 Å². The minimum Gasteiger partial charge on any atom is -0.380 e. The molecule has 0 bridgehead atoms. The molecule has 1 aliphatic rings. The summed E-state index contributed by atoms with van der Waals surface area (Å²) in [7, 11) is 1.75. The molecule has 0 radical (unpaired) electrons. The lowest BCUT2D eigenvalue weighted by Gasteiger charge is -2.31. The molecule has 0 amide bonds. The Balaban J connectivity index is 1.80. The Hall–Kier alpha value is -0.860. The molecule has 0 heterocycles. The number of hydrogen-bond donors (Lipinski definition) is 1. The summed E-state index contributed by atoms with van der Waals surface area (Å²) in [6.45, 7) is 6.38. The molecule has 21 heavy (non-hydrogen) atoms. The van der Waals surface area contributed by atoms with E-state index in [1.165, 1.54) is 43.2 Å². The molecule has 0 spiro atoms. The van der Waals surface area contributed by atoms with Gasteiger partial charge in [0.05, 0.1) is 6.61 Å². The first-order chi connectivity index (χ1) is 10.2. The van der Waals surface area contributed by atoms with E-state index in [0.717, 1.165) is 18.4 Å². The molecule has 1 N–H and O–H groups in total. The standard InChI is InChI=1S/C19H31NO/c1-15(2)10-16-6-5-9-19(12-16)20-13-17-7-4-8-18(11-17)14-21-3/h4,7-8,11,15-16,19-20H,5-6,9-10,12-14H2,1-3H3. The van der Waals surface area contributed by atoms with E-state index in [9.17, 15) is 0 Å². The molecule has 2 unspecified atom stereocenters. The van der Waals surface area contributed by atoms with E-state index in [-0.39, 0.29) is 0 Å². The average molecular weight is 289 g/mol. The third-order valence-corrected chi connectivity index (χ3v) is 4.48. The van der Waals surface area contributed by atoms with Crippen LogP contribution in [-0.2, 0) is 17.9 Å². The van der Waals surface area contributed by atoms with Gasteiger partial charge in [-0.05, 0) is 42.2 Å². The Bertz CT molecular complexity index is 416. The van der Waals surface area contributed by atoms with Crippen LogP contribution >= 0.6 is 0 Å².